The number of nitrogens with two attached hydrogens (primary N) is 1. The van der Waals surface area contributed by atoms with E-state index in [1.165, 1.54) is 4.90 Å². The largest absolute Gasteiger partial charge is 0.384 e. The highest BCUT2D eigenvalue weighted by Gasteiger charge is 2.41. The first-order valence-electron chi connectivity index (χ1n) is 6.44. The van der Waals surface area contributed by atoms with Gasteiger partial charge in [-0.15, -0.1) is 0 Å². The molecule has 0 spiro atoms. The number of nitrogens with one attached hydrogen (secondary N) is 1. The van der Waals surface area contributed by atoms with Gasteiger partial charge in [0.05, 0.1) is 16.6 Å². The Hall–Kier alpha value is -2.39. The van der Waals surface area contributed by atoms with Crippen LogP contribution in [0.2, 0.25) is 0 Å². The Labute approximate surface area is 129 Å². The third-order valence-electron chi connectivity index (χ3n) is 3.46. The molecule has 0 saturated carbocycles. The Morgan fingerprint density at radius 2 is 2.00 bits per heavy atom. The van der Waals surface area contributed by atoms with E-state index in [1.54, 1.807) is 14.1 Å². The first-order valence-corrected chi connectivity index (χ1v) is 6.85. The molecule has 1 aliphatic rings. The van der Waals surface area contributed by atoms with Gasteiger partial charge in [0.15, 0.2) is 0 Å². The smallest absolute Gasteiger partial charge is 0.233 e. The van der Waals surface area contributed by atoms with Crippen molar-refractivity contribution in [1.82, 2.24) is 10.2 Å². The lowest BCUT2D eigenvalue weighted by atomic mass is 9.78. The molecule has 0 radical (unpaired) electrons. The number of nitriles is 1. The number of nitrogens with zero attached hydrogens (tertiary/aromatic N) is 2. The summed E-state index contributed by atoms with van der Waals surface area (Å²) in [6.45, 7) is 0. The monoisotopic (exact) mass is 300 g/mol. The van der Waals surface area contributed by atoms with Crippen LogP contribution in [0.5, 0.6) is 0 Å². The van der Waals surface area contributed by atoms with Gasteiger partial charge in [0.2, 0.25) is 5.91 Å². The molecular weight excluding hydrogens is 284 g/mol. The van der Waals surface area contributed by atoms with E-state index in [4.69, 9.17) is 18.0 Å². The zero-order valence-corrected chi connectivity index (χ0v) is 12.6. The highest BCUT2D eigenvalue weighted by atomic mass is 32.1. The molecule has 5 nitrogen and oxygen atoms in total. The van der Waals surface area contributed by atoms with Crippen molar-refractivity contribution in [2.24, 2.45) is 11.7 Å². The predicted molar refractivity (Wildman–Crippen MR) is 83.9 cm³/mol. The maximum Gasteiger partial charge on any atom is 0.233 e. The van der Waals surface area contributed by atoms with Crippen LogP contribution in [0.1, 0.15) is 11.5 Å². The van der Waals surface area contributed by atoms with Crippen LogP contribution in [0.3, 0.4) is 0 Å². The molecule has 108 valence electrons. The minimum atomic E-state index is -0.626. The average molecular weight is 300 g/mol. The average Bonchev–Trinajstić information content (AvgIpc) is 2.46. The molecule has 1 heterocycles. The summed E-state index contributed by atoms with van der Waals surface area (Å²) in [5.41, 5.74) is 7.07. The van der Waals surface area contributed by atoms with E-state index in [-0.39, 0.29) is 11.7 Å². The number of allylic oxidation sites excluding steroid dienone is 1. The minimum absolute atomic E-state index is 0.151. The van der Waals surface area contributed by atoms with Gasteiger partial charge in [0, 0.05) is 20.0 Å². The van der Waals surface area contributed by atoms with Crippen LogP contribution in [-0.4, -0.2) is 29.9 Å². The van der Waals surface area contributed by atoms with Gasteiger partial charge in [-0.2, -0.15) is 5.26 Å². The summed E-state index contributed by atoms with van der Waals surface area (Å²) < 4.78 is 0. The molecule has 0 bridgehead atoms. The molecule has 1 aromatic carbocycles. The van der Waals surface area contributed by atoms with Gasteiger partial charge >= 0.3 is 0 Å². The summed E-state index contributed by atoms with van der Waals surface area (Å²) in [5, 5.41) is 12.2. The molecule has 3 N–H and O–H groups in total. The van der Waals surface area contributed by atoms with Gasteiger partial charge in [0.1, 0.15) is 11.7 Å². The van der Waals surface area contributed by atoms with Gasteiger partial charge in [-0.3, -0.25) is 4.79 Å². The Morgan fingerprint density at radius 3 is 2.52 bits per heavy atom. The molecule has 21 heavy (non-hydrogen) atoms. The Balaban J connectivity index is 2.60. The summed E-state index contributed by atoms with van der Waals surface area (Å²) >= 11 is 5.30. The molecule has 0 aromatic heterocycles. The zero-order valence-electron chi connectivity index (χ0n) is 11.8. The maximum atomic E-state index is 12.5. The second kappa shape index (κ2) is 5.94. The Bertz CT molecular complexity index is 645. The number of carbonyl (C=O) groups excluding carboxylic acids is 1. The molecule has 2 rings (SSSR count). The number of hydrogen-bond acceptors (Lipinski definition) is 4. The second-order valence-corrected chi connectivity index (χ2v) is 5.47. The first-order chi connectivity index (χ1) is 9.97. The molecule has 1 amide bonds. The lowest BCUT2D eigenvalue weighted by Crippen LogP contribution is -2.48. The standard InChI is InChI=1S/C15H16N4OS/c1-19(2)15(20)12-11(9-6-4-3-5-7-9)10(8-16)13(17)18-14(12)21/h3-7,11-12H,17H2,1-2H3,(H,18,21)/t11-,12+/m0/s1. The van der Waals surface area contributed by atoms with Crippen LogP contribution in [0.25, 0.3) is 0 Å². The molecule has 0 fully saturated rings. The van der Waals surface area contributed by atoms with E-state index in [9.17, 15) is 10.1 Å². The fourth-order valence-electron chi connectivity index (χ4n) is 2.45. The summed E-state index contributed by atoms with van der Waals surface area (Å²) in [6.07, 6.45) is 0. The number of hydrogen-bond donors (Lipinski definition) is 2. The summed E-state index contributed by atoms with van der Waals surface area (Å²) in [4.78, 5) is 14.3. The van der Waals surface area contributed by atoms with Crippen LogP contribution in [0.4, 0.5) is 0 Å². The summed E-state index contributed by atoms with van der Waals surface area (Å²) in [6, 6.07) is 11.5. The molecule has 6 heteroatoms. The van der Waals surface area contributed by atoms with Gasteiger partial charge in [-0.1, -0.05) is 42.5 Å². The maximum absolute atomic E-state index is 12.5. The number of carbonyl (C=O) groups is 1. The number of benzene rings is 1. The molecule has 0 aliphatic carbocycles. The van der Waals surface area contributed by atoms with Crippen molar-refractivity contribution in [2.75, 3.05) is 14.1 Å². The van der Waals surface area contributed by atoms with Gasteiger partial charge < -0.3 is 16.0 Å². The fraction of sp³-hybridized carbons (Fsp3) is 0.267. The molecule has 0 unspecified atom stereocenters. The van der Waals surface area contributed by atoms with Crippen molar-refractivity contribution in [3.05, 3.63) is 47.3 Å². The SMILES string of the molecule is CN(C)C(=O)[C@H]1C(=S)NC(N)=C(C#N)[C@@H]1c1ccccc1. The van der Waals surface area contributed by atoms with E-state index in [0.717, 1.165) is 5.56 Å². The van der Waals surface area contributed by atoms with Gasteiger partial charge in [-0.05, 0) is 5.56 Å². The van der Waals surface area contributed by atoms with E-state index in [0.29, 0.717) is 10.6 Å². The minimum Gasteiger partial charge on any atom is -0.384 e. The van der Waals surface area contributed by atoms with Crippen molar-refractivity contribution in [2.45, 2.75) is 5.92 Å². The highest BCUT2D eigenvalue weighted by molar-refractivity contribution is 7.80. The van der Waals surface area contributed by atoms with Crippen molar-refractivity contribution in [3.63, 3.8) is 0 Å². The zero-order chi connectivity index (χ0) is 15.6. The van der Waals surface area contributed by atoms with Crippen molar-refractivity contribution < 1.29 is 4.79 Å². The molecule has 2 atom stereocenters. The van der Waals surface area contributed by atoms with Crippen molar-refractivity contribution in [1.29, 1.82) is 5.26 Å². The number of amides is 1. The van der Waals surface area contributed by atoms with E-state index >= 15 is 0 Å². The van der Waals surface area contributed by atoms with Crippen molar-refractivity contribution in [3.8, 4) is 6.07 Å². The lowest BCUT2D eigenvalue weighted by molar-refractivity contribution is -0.131. The topological polar surface area (TPSA) is 82.2 Å². The molecular formula is C15H16N4OS. The van der Waals surface area contributed by atoms with Crippen LogP contribution < -0.4 is 11.1 Å². The van der Waals surface area contributed by atoms with Crippen LogP contribution in [-0.2, 0) is 4.79 Å². The number of thiocarbonyl (C=S) groups is 1. The molecule has 1 aliphatic heterocycles. The predicted octanol–water partition coefficient (Wildman–Crippen LogP) is 1.10. The normalized spacial score (nSPS) is 21.5. The van der Waals surface area contributed by atoms with Crippen LogP contribution in [0.15, 0.2) is 41.7 Å². The highest BCUT2D eigenvalue weighted by Crippen LogP contribution is 2.36. The van der Waals surface area contributed by atoms with E-state index < -0.39 is 11.8 Å². The second-order valence-electron chi connectivity index (χ2n) is 5.03. The van der Waals surface area contributed by atoms with Gasteiger partial charge in [-0.25, -0.2) is 0 Å². The Morgan fingerprint density at radius 1 is 1.38 bits per heavy atom. The fourth-order valence-corrected chi connectivity index (χ4v) is 2.79. The first kappa shape index (κ1) is 15.0. The summed E-state index contributed by atoms with van der Waals surface area (Å²) in [7, 11) is 3.33. The molecule has 1 aromatic rings. The Kier molecular flexibility index (Phi) is 4.24. The van der Waals surface area contributed by atoms with E-state index in [2.05, 4.69) is 11.4 Å². The third-order valence-corrected chi connectivity index (χ3v) is 3.82. The van der Waals surface area contributed by atoms with Crippen molar-refractivity contribution >= 4 is 23.1 Å². The molecule has 0 saturated heterocycles. The third kappa shape index (κ3) is 2.73. The van der Waals surface area contributed by atoms with E-state index in [1.807, 2.05) is 30.3 Å². The lowest BCUT2D eigenvalue weighted by Gasteiger charge is -2.34. The van der Waals surface area contributed by atoms with Gasteiger partial charge in [0.25, 0.3) is 0 Å². The quantitative estimate of drug-likeness (QED) is 0.799. The van der Waals surface area contributed by atoms with Crippen LogP contribution >= 0.6 is 12.2 Å². The van der Waals surface area contributed by atoms with Crippen LogP contribution in [0, 0.1) is 17.2 Å². The summed E-state index contributed by atoms with van der Waals surface area (Å²) in [5.74, 6) is -1.01. The number of rotatable bonds is 2.